The molecule has 18 heavy (non-hydrogen) atoms. The predicted octanol–water partition coefficient (Wildman–Crippen LogP) is 2.79. The molecule has 3 rings (SSSR count). The van der Waals surface area contributed by atoms with E-state index in [2.05, 4.69) is 0 Å². The van der Waals surface area contributed by atoms with Gasteiger partial charge in [0.05, 0.1) is 5.88 Å². The van der Waals surface area contributed by atoms with Crippen LogP contribution in [0, 0.1) is 0 Å². The minimum Gasteiger partial charge on any atom is -0.485 e. The van der Waals surface area contributed by atoms with Crippen molar-refractivity contribution in [2.45, 2.75) is 6.10 Å². The monoisotopic (exact) mass is 262 g/mol. The van der Waals surface area contributed by atoms with Gasteiger partial charge in [0.25, 0.3) is 0 Å². The summed E-state index contributed by atoms with van der Waals surface area (Å²) in [7, 11) is 0. The van der Waals surface area contributed by atoms with Crippen molar-refractivity contribution in [2.24, 2.45) is 0 Å². The topological polar surface area (TPSA) is 35.5 Å². The zero-order valence-electron chi connectivity index (χ0n) is 9.56. The molecule has 0 bridgehead atoms. The lowest BCUT2D eigenvalue weighted by molar-refractivity contribution is -0.125. The molecule has 0 saturated carbocycles. The number of hydrogen-bond donors (Lipinski definition) is 0. The number of ether oxygens (including phenoxy) is 2. The summed E-state index contributed by atoms with van der Waals surface area (Å²) in [5.74, 6) is 1.06. The Hall–Kier alpha value is -1.74. The maximum atomic E-state index is 11.5. The Bertz CT molecular complexity index is 609. The highest BCUT2D eigenvalue weighted by molar-refractivity contribution is 6.28. The van der Waals surface area contributed by atoms with E-state index < -0.39 is 6.10 Å². The van der Waals surface area contributed by atoms with Crippen molar-refractivity contribution < 1.29 is 14.3 Å². The Morgan fingerprint density at radius 2 is 1.89 bits per heavy atom. The quantitative estimate of drug-likeness (QED) is 0.781. The number of fused-ring (bicyclic) bond motifs is 2. The highest BCUT2D eigenvalue weighted by atomic mass is 35.5. The lowest BCUT2D eigenvalue weighted by Crippen LogP contribution is -2.37. The van der Waals surface area contributed by atoms with Gasteiger partial charge in [-0.2, -0.15) is 0 Å². The van der Waals surface area contributed by atoms with E-state index in [0.29, 0.717) is 11.5 Å². The van der Waals surface area contributed by atoms with E-state index in [-0.39, 0.29) is 18.3 Å². The molecule has 0 aromatic heterocycles. The molecule has 4 heteroatoms. The Kier molecular flexibility index (Phi) is 2.84. The van der Waals surface area contributed by atoms with E-state index in [9.17, 15) is 4.79 Å². The molecule has 3 nitrogen and oxygen atoms in total. The highest BCUT2D eigenvalue weighted by Gasteiger charge is 2.26. The third kappa shape index (κ3) is 1.91. The summed E-state index contributed by atoms with van der Waals surface area (Å²) in [6.45, 7) is 0.219. The Morgan fingerprint density at radius 3 is 2.56 bits per heavy atom. The normalized spacial score (nSPS) is 17.7. The van der Waals surface area contributed by atoms with Crippen molar-refractivity contribution in [3.05, 3.63) is 36.4 Å². The van der Waals surface area contributed by atoms with Crippen LogP contribution >= 0.6 is 11.6 Å². The fraction of sp³-hybridized carbons (Fsp3) is 0.214. The van der Waals surface area contributed by atoms with E-state index in [4.69, 9.17) is 21.1 Å². The van der Waals surface area contributed by atoms with Crippen LogP contribution in [0.2, 0.25) is 0 Å². The van der Waals surface area contributed by atoms with E-state index in [1.54, 1.807) is 0 Å². The van der Waals surface area contributed by atoms with E-state index in [1.165, 1.54) is 0 Å². The largest absolute Gasteiger partial charge is 0.485 e. The van der Waals surface area contributed by atoms with Crippen LogP contribution in [-0.4, -0.2) is 24.4 Å². The molecule has 0 spiro atoms. The second kappa shape index (κ2) is 4.50. The molecule has 1 aliphatic heterocycles. The summed E-state index contributed by atoms with van der Waals surface area (Å²) in [4.78, 5) is 11.5. The average molecular weight is 263 g/mol. The molecule has 0 saturated heterocycles. The van der Waals surface area contributed by atoms with Gasteiger partial charge in [-0.25, -0.2) is 0 Å². The predicted molar refractivity (Wildman–Crippen MR) is 69.6 cm³/mol. The summed E-state index contributed by atoms with van der Waals surface area (Å²) >= 11 is 5.52. The minimum atomic E-state index is -0.601. The number of carbonyl (C=O) groups is 1. The number of benzene rings is 2. The number of hydrogen-bond acceptors (Lipinski definition) is 3. The number of halogens is 1. The third-order valence-corrected chi connectivity index (χ3v) is 3.23. The first-order valence-electron chi connectivity index (χ1n) is 5.69. The molecular formula is C14H11ClO3. The van der Waals surface area contributed by atoms with Gasteiger partial charge in [-0.3, -0.25) is 4.79 Å². The highest BCUT2D eigenvalue weighted by Crippen LogP contribution is 2.35. The number of alkyl halides is 1. The zero-order chi connectivity index (χ0) is 12.5. The van der Waals surface area contributed by atoms with Gasteiger partial charge in [0, 0.05) is 0 Å². The first-order chi connectivity index (χ1) is 8.78. The SMILES string of the molecule is O=C(CCl)[C@@H]1COc2cc3ccccc3cc2O1. The molecule has 1 atom stereocenters. The molecule has 0 radical (unpaired) electrons. The van der Waals surface area contributed by atoms with E-state index in [1.807, 2.05) is 36.4 Å². The molecule has 0 amide bonds. The Morgan fingerprint density at radius 1 is 1.22 bits per heavy atom. The van der Waals surface area contributed by atoms with Gasteiger partial charge in [0.15, 0.2) is 23.4 Å². The van der Waals surface area contributed by atoms with Gasteiger partial charge in [0.2, 0.25) is 0 Å². The summed E-state index contributed by atoms with van der Waals surface area (Å²) in [5.41, 5.74) is 0. The van der Waals surface area contributed by atoms with Crippen LogP contribution in [0.15, 0.2) is 36.4 Å². The molecular weight excluding hydrogens is 252 g/mol. The molecule has 0 N–H and O–H groups in total. The second-order valence-corrected chi connectivity index (χ2v) is 4.43. The third-order valence-electron chi connectivity index (χ3n) is 2.96. The van der Waals surface area contributed by atoms with Gasteiger partial charge >= 0.3 is 0 Å². The van der Waals surface area contributed by atoms with Gasteiger partial charge in [-0.15, -0.1) is 11.6 Å². The molecule has 0 unspecified atom stereocenters. The smallest absolute Gasteiger partial charge is 0.192 e. The average Bonchev–Trinajstić information content (AvgIpc) is 2.43. The molecule has 0 aliphatic carbocycles. The van der Waals surface area contributed by atoms with Gasteiger partial charge in [-0.05, 0) is 22.9 Å². The Balaban J connectivity index is 2.00. The number of ketones is 1. The van der Waals surface area contributed by atoms with Crippen molar-refractivity contribution >= 4 is 28.2 Å². The summed E-state index contributed by atoms with van der Waals surface area (Å²) in [5, 5.41) is 2.14. The minimum absolute atomic E-state index is 0.0586. The van der Waals surface area contributed by atoms with Crippen molar-refractivity contribution in [3.63, 3.8) is 0 Å². The van der Waals surface area contributed by atoms with Crippen LogP contribution in [0.3, 0.4) is 0 Å². The summed E-state index contributed by atoms with van der Waals surface area (Å²) < 4.78 is 11.2. The van der Waals surface area contributed by atoms with Crippen molar-refractivity contribution in [1.29, 1.82) is 0 Å². The van der Waals surface area contributed by atoms with Crippen LogP contribution in [0.5, 0.6) is 11.5 Å². The van der Waals surface area contributed by atoms with Crippen LogP contribution < -0.4 is 9.47 Å². The lowest BCUT2D eigenvalue weighted by atomic mass is 10.1. The van der Waals surface area contributed by atoms with Crippen LogP contribution in [-0.2, 0) is 4.79 Å². The number of rotatable bonds is 2. The van der Waals surface area contributed by atoms with Crippen LogP contribution in [0.25, 0.3) is 10.8 Å². The van der Waals surface area contributed by atoms with Gasteiger partial charge in [0.1, 0.15) is 6.61 Å². The van der Waals surface area contributed by atoms with Crippen LogP contribution in [0.4, 0.5) is 0 Å². The fourth-order valence-corrected chi connectivity index (χ4v) is 2.17. The lowest BCUT2D eigenvalue weighted by Gasteiger charge is -2.25. The van der Waals surface area contributed by atoms with E-state index in [0.717, 1.165) is 10.8 Å². The van der Waals surface area contributed by atoms with Crippen molar-refractivity contribution in [1.82, 2.24) is 0 Å². The summed E-state index contributed by atoms with van der Waals surface area (Å²) in [6, 6.07) is 11.7. The summed E-state index contributed by atoms with van der Waals surface area (Å²) in [6.07, 6.45) is -0.601. The maximum Gasteiger partial charge on any atom is 0.192 e. The first-order valence-corrected chi connectivity index (χ1v) is 6.22. The van der Waals surface area contributed by atoms with Crippen LogP contribution in [0.1, 0.15) is 0 Å². The molecule has 1 aliphatic rings. The zero-order valence-corrected chi connectivity index (χ0v) is 10.3. The molecule has 1 heterocycles. The van der Waals surface area contributed by atoms with Gasteiger partial charge in [-0.1, -0.05) is 24.3 Å². The number of Topliss-reactive ketones (excluding diaryl/α,β-unsaturated/α-hetero) is 1. The van der Waals surface area contributed by atoms with Gasteiger partial charge < -0.3 is 9.47 Å². The molecule has 2 aromatic rings. The number of carbonyl (C=O) groups excluding carboxylic acids is 1. The molecule has 92 valence electrons. The fourth-order valence-electron chi connectivity index (χ4n) is 2.00. The van der Waals surface area contributed by atoms with Crippen molar-refractivity contribution in [3.8, 4) is 11.5 Å². The molecule has 2 aromatic carbocycles. The Labute approximate surface area is 109 Å². The van der Waals surface area contributed by atoms with Crippen molar-refractivity contribution in [2.75, 3.05) is 12.5 Å². The first kappa shape index (κ1) is 11.4. The molecule has 0 fully saturated rings. The second-order valence-electron chi connectivity index (χ2n) is 4.16. The maximum absolute atomic E-state index is 11.5. The van der Waals surface area contributed by atoms with E-state index >= 15 is 0 Å². The standard InChI is InChI=1S/C14H11ClO3/c15-7-11(16)14-8-17-12-5-9-3-1-2-4-10(9)6-13(12)18-14/h1-6,14H,7-8H2/t14-/m0/s1.